The van der Waals surface area contributed by atoms with Gasteiger partial charge in [-0.1, -0.05) is 23.9 Å². The normalized spacial score (nSPS) is 14.2. The number of nitrogens with one attached hydrogen (secondary N) is 1. The molecule has 6 heteroatoms. The maximum Gasteiger partial charge on any atom is 0.230 e. The highest BCUT2D eigenvalue weighted by Gasteiger charge is 2.12. The average molecular weight is 330 g/mol. The van der Waals surface area contributed by atoms with Gasteiger partial charge in [-0.2, -0.15) is 0 Å². The Morgan fingerprint density at radius 3 is 2.65 bits per heavy atom. The van der Waals surface area contributed by atoms with Gasteiger partial charge in [-0.25, -0.2) is 4.98 Å². The molecule has 0 atom stereocenters. The van der Waals surface area contributed by atoms with E-state index in [2.05, 4.69) is 39.5 Å². The number of amides is 1. The summed E-state index contributed by atoms with van der Waals surface area (Å²) in [6, 6.07) is 8.49. The predicted molar refractivity (Wildman–Crippen MR) is 93.7 cm³/mol. The molecule has 0 saturated carbocycles. The van der Waals surface area contributed by atoms with Crippen molar-refractivity contribution >= 4 is 23.4 Å². The topological polar surface area (TPSA) is 50.2 Å². The molecule has 0 radical (unpaired) electrons. The van der Waals surface area contributed by atoms with Crippen molar-refractivity contribution in [2.45, 2.75) is 24.5 Å². The summed E-state index contributed by atoms with van der Waals surface area (Å²) in [5.74, 6) is 0.415. The van der Waals surface area contributed by atoms with E-state index in [0.29, 0.717) is 12.3 Å². The van der Waals surface area contributed by atoms with Crippen LogP contribution in [-0.2, 0) is 18.4 Å². The van der Waals surface area contributed by atoms with Gasteiger partial charge in [0.25, 0.3) is 0 Å². The molecule has 122 valence electrons. The van der Waals surface area contributed by atoms with Crippen LogP contribution in [0.4, 0.5) is 5.69 Å². The zero-order valence-corrected chi connectivity index (χ0v) is 14.2. The van der Waals surface area contributed by atoms with E-state index in [9.17, 15) is 4.79 Å². The lowest BCUT2D eigenvalue weighted by molar-refractivity contribution is -0.118. The van der Waals surface area contributed by atoms with Crippen molar-refractivity contribution in [3.05, 3.63) is 42.2 Å². The minimum absolute atomic E-state index is 0.0293. The first kappa shape index (κ1) is 15.9. The fraction of sp³-hybridized carbons (Fsp3) is 0.412. The van der Waals surface area contributed by atoms with Gasteiger partial charge in [0.1, 0.15) is 0 Å². The fourth-order valence-electron chi connectivity index (χ4n) is 2.67. The zero-order valence-electron chi connectivity index (χ0n) is 13.4. The summed E-state index contributed by atoms with van der Waals surface area (Å²) < 4.78 is 1.91. The highest BCUT2D eigenvalue weighted by Crippen LogP contribution is 2.20. The van der Waals surface area contributed by atoms with Crippen LogP contribution in [0, 0.1) is 0 Å². The maximum atomic E-state index is 11.9. The SMILES string of the molecule is Cn1ccnc1SCC(=O)NCc1ccc(N2CCCC2)cc1. The number of benzene rings is 1. The van der Waals surface area contributed by atoms with Gasteiger partial charge in [0.2, 0.25) is 5.91 Å². The molecule has 1 aromatic heterocycles. The second-order valence-corrected chi connectivity index (χ2v) is 6.69. The van der Waals surface area contributed by atoms with Crippen molar-refractivity contribution in [3.8, 4) is 0 Å². The monoisotopic (exact) mass is 330 g/mol. The Morgan fingerprint density at radius 1 is 1.26 bits per heavy atom. The molecule has 2 heterocycles. The lowest BCUT2D eigenvalue weighted by Gasteiger charge is -2.17. The molecule has 2 aromatic rings. The molecule has 1 amide bonds. The Hall–Kier alpha value is -1.95. The summed E-state index contributed by atoms with van der Waals surface area (Å²) in [5, 5.41) is 3.82. The zero-order chi connectivity index (χ0) is 16.1. The summed E-state index contributed by atoms with van der Waals surface area (Å²) in [6.45, 7) is 2.88. The molecule has 1 saturated heterocycles. The van der Waals surface area contributed by atoms with Gasteiger partial charge in [-0.15, -0.1) is 0 Å². The number of hydrogen-bond acceptors (Lipinski definition) is 4. The Bertz CT molecular complexity index is 647. The van der Waals surface area contributed by atoms with Gasteiger partial charge in [0.15, 0.2) is 5.16 Å². The number of hydrogen-bond donors (Lipinski definition) is 1. The molecular weight excluding hydrogens is 308 g/mol. The second-order valence-electron chi connectivity index (χ2n) is 5.75. The van der Waals surface area contributed by atoms with Crippen molar-refractivity contribution in [2.24, 2.45) is 7.05 Å². The summed E-state index contributed by atoms with van der Waals surface area (Å²) in [4.78, 5) is 18.5. The van der Waals surface area contributed by atoms with Crippen LogP contribution < -0.4 is 10.2 Å². The molecule has 0 unspecified atom stereocenters. The molecular formula is C17H22N4OS. The van der Waals surface area contributed by atoms with Gasteiger partial charge >= 0.3 is 0 Å². The van der Waals surface area contributed by atoms with Crippen LogP contribution in [-0.4, -0.2) is 34.3 Å². The van der Waals surface area contributed by atoms with E-state index in [1.165, 1.54) is 30.3 Å². The van der Waals surface area contributed by atoms with E-state index in [0.717, 1.165) is 23.8 Å². The van der Waals surface area contributed by atoms with Gasteiger partial charge in [-0.3, -0.25) is 4.79 Å². The van der Waals surface area contributed by atoms with Gasteiger partial charge in [0.05, 0.1) is 5.75 Å². The quantitative estimate of drug-likeness (QED) is 0.827. The number of anilines is 1. The highest BCUT2D eigenvalue weighted by atomic mass is 32.2. The van der Waals surface area contributed by atoms with E-state index < -0.39 is 0 Å². The van der Waals surface area contributed by atoms with E-state index >= 15 is 0 Å². The molecule has 1 aliphatic rings. The highest BCUT2D eigenvalue weighted by molar-refractivity contribution is 7.99. The van der Waals surface area contributed by atoms with Crippen molar-refractivity contribution in [2.75, 3.05) is 23.7 Å². The van der Waals surface area contributed by atoms with Crippen LogP contribution in [0.2, 0.25) is 0 Å². The van der Waals surface area contributed by atoms with E-state index in [1.54, 1.807) is 6.20 Å². The summed E-state index contributed by atoms with van der Waals surface area (Å²) in [5.41, 5.74) is 2.41. The summed E-state index contributed by atoms with van der Waals surface area (Å²) in [6.07, 6.45) is 6.18. The Balaban J connectivity index is 1.44. The van der Waals surface area contributed by atoms with E-state index in [4.69, 9.17) is 0 Å². The van der Waals surface area contributed by atoms with Crippen molar-refractivity contribution in [1.82, 2.24) is 14.9 Å². The predicted octanol–water partition coefficient (Wildman–Crippen LogP) is 2.43. The van der Waals surface area contributed by atoms with Crippen LogP contribution in [0.25, 0.3) is 0 Å². The number of thioether (sulfide) groups is 1. The lowest BCUT2D eigenvalue weighted by Crippen LogP contribution is -2.24. The Kier molecular flexibility index (Phi) is 5.23. The third-order valence-electron chi connectivity index (χ3n) is 4.01. The van der Waals surface area contributed by atoms with Gasteiger partial charge in [0, 0.05) is 44.8 Å². The van der Waals surface area contributed by atoms with Crippen molar-refractivity contribution < 1.29 is 4.79 Å². The molecule has 1 aromatic carbocycles. The molecule has 1 aliphatic heterocycles. The minimum atomic E-state index is 0.0293. The van der Waals surface area contributed by atoms with Crippen LogP contribution in [0.3, 0.4) is 0 Å². The third-order valence-corrected chi connectivity index (χ3v) is 5.06. The number of aryl methyl sites for hydroxylation is 1. The van der Waals surface area contributed by atoms with Crippen LogP contribution in [0.15, 0.2) is 41.8 Å². The Morgan fingerprint density at radius 2 is 2.00 bits per heavy atom. The van der Waals surface area contributed by atoms with Gasteiger partial charge < -0.3 is 14.8 Å². The summed E-state index contributed by atoms with van der Waals surface area (Å²) in [7, 11) is 1.93. The van der Waals surface area contributed by atoms with Gasteiger partial charge in [-0.05, 0) is 30.5 Å². The number of rotatable bonds is 6. The molecule has 1 N–H and O–H groups in total. The smallest absolute Gasteiger partial charge is 0.230 e. The summed E-state index contributed by atoms with van der Waals surface area (Å²) >= 11 is 1.45. The minimum Gasteiger partial charge on any atom is -0.372 e. The molecule has 0 bridgehead atoms. The molecule has 0 spiro atoms. The van der Waals surface area contributed by atoms with E-state index in [-0.39, 0.29) is 5.91 Å². The molecule has 1 fully saturated rings. The van der Waals surface area contributed by atoms with E-state index in [1.807, 2.05) is 17.8 Å². The number of carbonyl (C=O) groups is 1. The van der Waals surface area contributed by atoms with Crippen molar-refractivity contribution in [1.29, 1.82) is 0 Å². The first-order valence-corrected chi connectivity index (χ1v) is 8.91. The van der Waals surface area contributed by atoms with Crippen LogP contribution in [0.5, 0.6) is 0 Å². The van der Waals surface area contributed by atoms with Crippen molar-refractivity contribution in [3.63, 3.8) is 0 Å². The van der Waals surface area contributed by atoms with Crippen LogP contribution in [0.1, 0.15) is 18.4 Å². The van der Waals surface area contributed by atoms with Crippen LogP contribution >= 0.6 is 11.8 Å². The third kappa shape index (κ3) is 4.28. The first-order chi connectivity index (χ1) is 11.2. The first-order valence-electron chi connectivity index (χ1n) is 7.93. The average Bonchev–Trinajstić information content (AvgIpc) is 3.23. The number of imidazole rings is 1. The number of carbonyl (C=O) groups excluding carboxylic acids is 1. The molecule has 5 nitrogen and oxygen atoms in total. The number of nitrogens with zero attached hydrogens (tertiary/aromatic N) is 3. The molecule has 23 heavy (non-hydrogen) atoms. The number of aromatic nitrogens is 2. The second kappa shape index (κ2) is 7.55. The largest absolute Gasteiger partial charge is 0.372 e. The fourth-order valence-corrected chi connectivity index (χ4v) is 3.43. The molecule has 3 rings (SSSR count). The Labute approximate surface area is 141 Å². The maximum absolute atomic E-state index is 11.9. The standard InChI is InChI=1S/C17H22N4OS/c1-20-11-8-18-17(20)23-13-16(22)19-12-14-4-6-15(7-5-14)21-9-2-3-10-21/h4-8,11H,2-3,9-10,12-13H2,1H3,(H,19,22). The lowest BCUT2D eigenvalue weighted by atomic mass is 10.2. The molecule has 0 aliphatic carbocycles.